The fourth-order valence-corrected chi connectivity index (χ4v) is 1.87. The lowest BCUT2D eigenvalue weighted by Crippen LogP contribution is -2.30. The third-order valence-corrected chi connectivity index (χ3v) is 2.92. The van der Waals surface area contributed by atoms with Crippen LogP contribution in [0.15, 0.2) is 18.2 Å². The largest absolute Gasteiger partial charge is 0.507 e. The van der Waals surface area contributed by atoms with Gasteiger partial charge in [-0.2, -0.15) is 0 Å². The van der Waals surface area contributed by atoms with Crippen LogP contribution < -0.4 is 10.6 Å². The number of hydrogen-bond acceptors (Lipinski definition) is 5. The van der Waals surface area contributed by atoms with Gasteiger partial charge in [0.2, 0.25) is 5.91 Å². The quantitative estimate of drug-likeness (QED) is 0.532. The molecule has 1 unspecified atom stereocenters. The van der Waals surface area contributed by atoms with Gasteiger partial charge < -0.3 is 25.6 Å². The molecule has 0 fully saturated rings. The highest BCUT2D eigenvalue weighted by atomic mass is 16.5. The molecule has 0 saturated carbocycles. The van der Waals surface area contributed by atoms with E-state index in [4.69, 9.17) is 4.74 Å². The Morgan fingerprint density at radius 1 is 1.30 bits per heavy atom. The van der Waals surface area contributed by atoms with E-state index in [1.54, 1.807) is 13.2 Å². The number of ether oxygens (including phenoxy) is 1. The fourth-order valence-electron chi connectivity index (χ4n) is 1.87. The Kier molecular flexibility index (Phi) is 6.83. The molecule has 1 amide bonds. The van der Waals surface area contributed by atoms with Crippen LogP contribution in [0, 0.1) is 0 Å². The lowest BCUT2D eigenvalue weighted by Gasteiger charge is -2.16. The minimum atomic E-state index is -0.247. The molecule has 112 valence electrons. The molecule has 0 heterocycles. The second kappa shape index (κ2) is 8.39. The first-order chi connectivity index (χ1) is 9.56. The highest BCUT2D eigenvalue weighted by Crippen LogP contribution is 2.31. The summed E-state index contributed by atoms with van der Waals surface area (Å²) in [5.41, 5.74) is 0.437. The first-order valence-corrected chi connectivity index (χ1v) is 6.56. The Bertz CT molecular complexity index is 417. The summed E-state index contributed by atoms with van der Waals surface area (Å²) in [4.78, 5) is 11.5. The predicted octanol–water partition coefficient (Wildman–Crippen LogP) is 0.901. The maximum absolute atomic E-state index is 11.5. The SMILES string of the molecule is COCCNC(=O)CCNC(C)c1c(O)cccc1O. The Morgan fingerprint density at radius 2 is 1.95 bits per heavy atom. The number of rotatable bonds is 8. The molecule has 1 rings (SSSR count). The van der Waals surface area contributed by atoms with E-state index in [2.05, 4.69) is 10.6 Å². The van der Waals surface area contributed by atoms with Crippen LogP contribution in [0.25, 0.3) is 0 Å². The summed E-state index contributed by atoms with van der Waals surface area (Å²) in [6, 6.07) is 4.36. The fraction of sp³-hybridized carbons (Fsp3) is 0.500. The number of carbonyl (C=O) groups excluding carboxylic acids is 1. The van der Waals surface area contributed by atoms with Gasteiger partial charge in [-0.15, -0.1) is 0 Å². The highest BCUT2D eigenvalue weighted by molar-refractivity contribution is 5.76. The highest BCUT2D eigenvalue weighted by Gasteiger charge is 2.14. The van der Waals surface area contributed by atoms with E-state index < -0.39 is 0 Å². The smallest absolute Gasteiger partial charge is 0.221 e. The maximum atomic E-state index is 11.5. The molecule has 0 aromatic heterocycles. The molecule has 0 aliphatic rings. The Balaban J connectivity index is 2.36. The topological polar surface area (TPSA) is 90.8 Å². The molecule has 0 aliphatic heterocycles. The predicted molar refractivity (Wildman–Crippen MR) is 75.7 cm³/mol. The molecular weight excluding hydrogens is 260 g/mol. The van der Waals surface area contributed by atoms with E-state index in [0.29, 0.717) is 31.7 Å². The van der Waals surface area contributed by atoms with Crippen LogP contribution in [0.5, 0.6) is 11.5 Å². The lowest BCUT2D eigenvalue weighted by molar-refractivity contribution is -0.121. The zero-order chi connectivity index (χ0) is 15.0. The summed E-state index contributed by atoms with van der Waals surface area (Å²) in [7, 11) is 1.58. The van der Waals surface area contributed by atoms with Crippen LogP contribution >= 0.6 is 0 Å². The molecule has 4 N–H and O–H groups in total. The third-order valence-electron chi connectivity index (χ3n) is 2.92. The number of benzene rings is 1. The van der Waals surface area contributed by atoms with Gasteiger partial charge in [0.05, 0.1) is 12.2 Å². The molecule has 1 atom stereocenters. The molecule has 1 aromatic rings. The van der Waals surface area contributed by atoms with Gasteiger partial charge in [-0.1, -0.05) is 6.07 Å². The molecule has 1 aromatic carbocycles. The van der Waals surface area contributed by atoms with Gasteiger partial charge >= 0.3 is 0 Å². The molecule has 20 heavy (non-hydrogen) atoms. The summed E-state index contributed by atoms with van der Waals surface area (Å²) in [6.07, 6.45) is 0.322. The first kappa shape index (κ1) is 16.3. The lowest BCUT2D eigenvalue weighted by atomic mass is 10.1. The van der Waals surface area contributed by atoms with E-state index in [1.807, 2.05) is 6.92 Å². The van der Waals surface area contributed by atoms with E-state index in [-0.39, 0.29) is 23.4 Å². The number of amides is 1. The van der Waals surface area contributed by atoms with Crippen molar-refractivity contribution < 1.29 is 19.7 Å². The summed E-state index contributed by atoms with van der Waals surface area (Å²) in [6.45, 7) is 3.25. The monoisotopic (exact) mass is 282 g/mol. The number of methoxy groups -OCH3 is 1. The van der Waals surface area contributed by atoms with Crippen LogP contribution in [0.3, 0.4) is 0 Å². The van der Waals surface area contributed by atoms with Crippen molar-refractivity contribution in [2.45, 2.75) is 19.4 Å². The molecule has 0 spiro atoms. The number of nitrogens with one attached hydrogen (secondary N) is 2. The van der Waals surface area contributed by atoms with E-state index >= 15 is 0 Å². The standard InChI is InChI=1S/C14H22N2O4/c1-10(14-11(17)4-3-5-12(14)18)15-7-6-13(19)16-8-9-20-2/h3-5,10,15,17-18H,6-9H2,1-2H3,(H,16,19). The summed E-state index contributed by atoms with van der Waals surface area (Å²) in [5.74, 6) is 0.00680. The average Bonchev–Trinajstić information content (AvgIpc) is 2.39. The molecule has 6 nitrogen and oxygen atoms in total. The minimum Gasteiger partial charge on any atom is -0.507 e. The van der Waals surface area contributed by atoms with Crippen LogP contribution in [-0.2, 0) is 9.53 Å². The van der Waals surface area contributed by atoms with Crippen LogP contribution in [0.1, 0.15) is 24.9 Å². The van der Waals surface area contributed by atoms with Crippen molar-refractivity contribution in [3.63, 3.8) is 0 Å². The number of phenolic OH excluding ortho intramolecular Hbond substituents is 2. The van der Waals surface area contributed by atoms with Crippen molar-refractivity contribution in [1.82, 2.24) is 10.6 Å². The molecule has 6 heteroatoms. The van der Waals surface area contributed by atoms with Crippen molar-refractivity contribution >= 4 is 5.91 Å². The summed E-state index contributed by atoms with van der Waals surface area (Å²) in [5, 5.41) is 25.2. The summed E-state index contributed by atoms with van der Waals surface area (Å²) < 4.78 is 4.83. The van der Waals surface area contributed by atoms with Gasteiger partial charge in [0.25, 0.3) is 0 Å². The Morgan fingerprint density at radius 3 is 2.55 bits per heavy atom. The van der Waals surface area contributed by atoms with Gasteiger partial charge in [0, 0.05) is 32.7 Å². The van der Waals surface area contributed by atoms with E-state index in [0.717, 1.165) is 0 Å². The van der Waals surface area contributed by atoms with Crippen molar-refractivity contribution in [2.75, 3.05) is 26.8 Å². The molecule has 0 saturated heterocycles. The van der Waals surface area contributed by atoms with Crippen LogP contribution in [0.2, 0.25) is 0 Å². The summed E-state index contributed by atoms with van der Waals surface area (Å²) >= 11 is 0. The second-order valence-corrected chi connectivity index (χ2v) is 4.48. The third kappa shape index (κ3) is 5.07. The number of phenols is 2. The normalized spacial score (nSPS) is 12.1. The molecule has 0 aliphatic carbocycles. The van der Waals surface area contributed by atoms with Gasteiger partial charge in [0.1, 0.15) is 11.5 Å². The van der Waals surface area contributed by atoms with Crippen molar-refractivity contribution in [1.29, 1.82) is 0 Å². The van der Waals surface area contributed by atoms with Crippen molar-refractivity contribution in [2.24, 2.45) is 0 Å². The van der Waals surface area contributed by atoms with Crippen LogP contribution in [-0.4, -0.2) is 42.9 Å². The van der Waals surface area contributed by atoms with Gasteiger partial charge in [-0.05, 0) is 19.1 Å². The van der Waals surface area contributed by atoms with E-state index in [9.17, 15) is 15.0 Å². The number of carbonyl (C=O) groups is 1. The Labute approximate surface area is 118 Å². The van der Waals surface area contributed by atoms with Gasteiger partial charge in [-0.25, -0.2) is 0 Å². The van der Waals surface area contributed by atoms with Crippen molar-refractivity contribution in [3.05, 3.63) is 23.8 Å². The Hall–Kier alpha value is -1.79. The van der Waals surface area contributed by atoms with E-state index in [1.165, 1.54) is 12.1 Å². The number of hydrogen-bond donors (Lipinski definition) is 4. The van der Waals surface area contributed by atoms with Gasteiger partial charge in [0.15, 0.2) is 0 Å². The van der Waals surface area contributed by atoms with Crippen molar-refractivity contribution in [3.8, 4) is 11.5 Å². The first-order valence-electron chi connectivity index (χ1n) is 6.56. The average molecular weight is 282 g/mol. The van der Waals surface area contributed by atoms with Gasteiger partial charge in [-0.3, -0.25) is 4.79 Å². The zero-order valence-corrected chi connectivity index (χ0v) is 11.8. The molecule has 0 bridgehead atoms. The molecular formula is C14H22N2O4. The minimum absolute atomic E-state index is 0.0366. The zero-order valence-electron chi connectivity index (χ0n) is 11.8. The number of aromatic hydroxyl groups is 2. The molecule has 0 radical (unpaired) electrons. The maximum Gasteiger partial charge on any atom is 0.221 e. The second-order valence-electron chi connectivity index (χ2n) is 4.48. The van der Waals surface area contributed by atoms with Crippen LogP contribution in [0.4, 0.5) is 0 Å².